The summed E-state index contributed by atoms with van der Waals surface area (Å²) in [6.07, 6.45) is 5.03. The number of aryl methyl sites for hydroxylation is 2. The van der Waals surface area contributed by atoms with Gasteiger partial charge in [-0.25, -0.2) is 0 Å². The van der Waals surface area contributed by atoms with Crippen LogP contribution in [0.5, 0.6) is 23.0 Å². The van der Waals surface area contributed by atoms with Crippen LogP contribution >= 0.6 is 0 Å². The van der Waals surface area contributed by atoms with Crippen molar-refractivity contribution in [3.8, 4) is 23.0 Å². The number of rotatable bonds is 18. The Morgan fingerprint density at radius 1 is 0.400 bits per heavy atom. The molecule has 4 atom stereocenters. The normalized spacial score (nSPS) is 14.7. The van der Waals surface area contributed by atoms with E-state index in [0.29, 0.717) is 0 Å². The van der Waals surface area contributed by atoms with Gasteiger partial charge in [0, 0.05) is 10.8 Å². The monoisotopic (exact) mass is 730 g/mol. The third kappa shape index (κ3) is 9.77. The summed E-state index contributed by atoms with van der Waals surface area (Å²) in [6.45, 7) is 13.8. The Kier molecular flexibility index (Phi) is 13.3. The summed E-state index contributed by atoms with van der Waals surface area (Å²) >= 11 is 0. The van der Waals surface area contributed by atoms with Gasteiger partial charge in [-0.15, -0.1) is 0 Å². The number of ether oxygens (including phenoxy) is 3. The van der Waals surface area contributed by atoms with E-state index in [1.165, 1.54) is 33.4 Å². The van der Waals surface area contributed by atoms with E-state index < -0.39 is 0 Å². The summed E-state index contributed by atoms with van der Waals surface area (Å²) in [5.74, 6) is 3.31. The van der Waals surface area contributed by atoms with Crippen LogP contribution in [0, 0.1) is 0 Å². The highest BCUT2D eigenvalue weighted by Crippen LogP contribution is 2.42. The van der Waals surface area contributed by atoms with Gasteiger partial charge in [0.2, 0.25) is 0 Å². The van der Waals surface area contributed by atoms with Crippen LogP contribution in [-0.4, -0.2) is 12.2 Å². The zero-order valence-corrected chi connectivity index (χ0v) is 33.6. The number of para-hydroxylation sites is 2. The van der Waals surface area contributed by atoms with Gasteiger partial charge in [0.15, 0.2) is 0 Å². The standard InChI is InChI=1S/C52H58O3/c1-7-39-27-31-43(32-28-39)51(5,9-3)49(37-41-19-17-25-47(35-41)53-45-21-13-11-14-22-45)55-50(52(6,10-4)44-33-29-40(8-2)30-34-44)38-42-20-18-26-48(36-42)54-46-23-15-12-16-24-46/h11-36,49-50H,7-10,37-38H2,1-6H3. The predicted molar refractivity (Wildman–Crippen MR) is 229 cm³/mol. The van der Waals surface area contributed by atoms with Crippen LogP contribution in [0.15, 0.2) is 158 Å². The molecule has 0 N–H and O–H groups in total. The van der Waals surface area contributed by atoms with Crippen molar-refractivity contribution >= 4 is 0 Å². The van der Waals surface area contributed by atoms with Crippen molar-refractivity contribution in [3.63, 3.8) is 0 Å². The van der Waals surface area contributed by atoms with Gasteiger partial charge in [-0.3, -0.25) is 0 Å². The van der Waals surface area contributed by atoms with Crippen LogP contribution in [0.4, 0.5) is 0 Å². The molecule has 0 saturated heterocycles. The zero-order chi connectivity index (χ0) is 38.7. The van der Waals surface area contributed by atoms with Crippen LogP contribution in [0.2, 0.25) is 0 Å². The topological polar surface area (TPSA) is 27.7 Å². The summed E-state index contributed by atoms with van der Waals surface area (Å²) in [6, 6.07) is 55.6. The second kappa shape index (κ2) is 18.5. The van der Waals surface area contributed by atoms with E-state index in [0.717, 1.165) is 61.5 Å². The maximum absolute atomic E-state index is 7.83. The molecule has 4 unspecified atom stereocenters. The summed E-state index contributed by atoms with van der Waals surface area (Å²) in [5.41, 5.74) is 7.11. The lowest BCUT2D eigenvalue weighted by Gasteiger charge is -2.45. The second-order valence-electron chi connectivity index (χ2n) is 15.3. The molecule has 284 valence electrons. The highest BCUT2D eigenvalue weighted by molar-refractivity contribution is 5.38. The van der Waals surface area contributed by atoms with E-state index in [-0.39, 0.29) is 23.0 Å². The smallest absolute Gasteiger partial charge is 0.127 e. The molecule has 0 amide bonds. The first kappa shape index (κ1) is 39.6. The molecule has 0 aliphatic carbocycles. The molecule has 0 saturated carbocycles. The fourth-order valence-corrected chi connectivity index (χ4v) is 7.67. The average molecular weight is 731 g/mol. The van der Waals surface area contributed by atoms with Gasteiger partial charge < -0.3 is 14.2 Å². The molecule has 0 heterocycles. The first-order valence-electron chi connectivity index (χ1n) is 20.2. The number of hydrogen-bond acceptors (Lipinski definition) is 3. The van der Waals surface area contributed by atoms with E-state index >= 15 is 0 Å². The van der Waals surface area contributed by atoms with Crippen molar-refractivity contribution in [3.05, 3.63) is 191 Å². The van der Waals surface area contributed by atoms with Crippen molar-refractivity contribution in [1.29, 1.82) is 0 Å². The molecular weight excluding hydrogens is 673 g/mol. The number of benzene rings is 6. The van der Waals surface area contributed by atoms with Crippen molar-refractivity contribution in [2.75, 3.05) is 0 Å². The lowest BCUT2D eigenvalue weighted by Crippen LogP contribution is -2.48. The molecule has 6 aromatic carbocycles. The number of hydrogen-bond donors (Lipinski definition) is 0. The van der Waals surface area contributed by atoms with Crippen LogP contribution in [0.1, 0.15) is 87.8 Å². The van der Waals surface area contributed by atoms with Crippen LogP contribution < -0.4 is 9.47 Å². The van der Waals surface area contributed by atoms with Gasteiger partial charge in [0.05, 0.1) is 12.2 Å². The second-order valence-corrected chi connectivity index (χ2v) is 15.3. The molecule has 0 aromatic heterocycles. The quantitative estimate of drug-likeness (QED) is 0.0881. The van der Waals surface area contributed by atoms with E-state index in [1.807, 2.05) is 72.8 Å². The molecule has 3 nitrogen and oxygen atoms in total. The third-order valence-corrected chi connectivity index (χ3v) is 11.9. The summed E-state index contributed by atoms with van der Waals surface area (Å²) in [4.78, 5) is 0. The van der Waals surface area contributed by atoms with Gasteiger partial charge in [0.1, 0.15) is 23.0 Å². The minimum atomic E-state index is -0.278. The Morgan fingerprint density at radius 3 is 1.11 bits per heavy atom. The Morgan fingerprint density at radius 2 is 0.764 bits per heavy atom. The molecule has 6 aromatic rings. The largest absolute Gasteiger partial charge is 0.457 e. The first-order chi connectivity index (χ1) is 26.8. The summed E-state index contributed by atoms with van der Waals surface area (Å²) < 4.78 is 20.5. The molecule has 3 heteroatoms. The Bertz CT molecular complexity index is 1900. The molecular formula is C52H58O3. The van der Waals surface area contributed by atoms with Crippen molar-refractivity contribution in [1.82, 2.24) is 0 Å². The maximum atomic E-state index is 7.83. The average Bonchev–Trinajstić information content (AvgIpc) is 3.23. The molecule has 6 rings (SSSR count). The van der Waals surface area contributed by atoms with Gasteiger partial charge in [-0.1, -0.05) is 151 Å². The van der Waals surface area contributed by atoms with Crippen molar-refractivity contribution < 1.29 is 14.2 Å². The van der Waals surface area contributed by atoms with E-state index in [2.05, 4.69) is 126 Å². The third-order valence-electron chi connectivity index (χ3n) is 11.9. The fourth-order valence-electron chi connectivity index (χ4n) is 7.67. The highest BCUT2D eigenvalue weighted by atomic mass is 16.5. The predicted octanol–water partition coefficient (Wildman–Crippen LogP) is 13.7. The maximum Gasteiger partial charge on any atom is 0.127 e. The van der Waals surface area contributed by atoms with Gasteiger partial charge >= 0.3 is 0 Å². The van der Waals surface area contributed by atoms with Crippen molar-refractivity contribution in [2.45, 2.75) is 103 Å². The SMILES string of the molecule is CCc1ccc(C(C)(CC)C(Cc2cccc(Oc3ccccc3)c2)OC(Cc2cccc(Oc3ccccc3)c2)C(C)(CC)c2ccc(CC)cc2)cc1. The van der Waals surface area contributed by atoms with Crippen LogP contribution in [0.3, 0.4) is 0 Å². The Hall–Kier alpha value is -5.12. The molecule has 0 aliphatic rings. The summed E-state index contributed by atoms with van der Waals surface area (Å²) in [7, 11) is 0. The zero-order valence-electron chi connectivity index (χ0n) is 33.6. The van der Waals surface area contributed by atoms with Gasteiger partial charge in [0.25, 0.3) is 0 Å². The van der Waals surface area contributed by atoms with E-state index in [4.69, 9.17) is 14.2 Å². The minimum absolute atomic E-state index is 0.147. The van der Waals surface area contributed by atoms with E-state index in [1.54, 1.807) is 0 Å². The Balaban J connectivity index is 1.42. The molecule has 0 aliphatic heterocycles. The molecule has 0 spiro atoms. The van der Waals surface area contributed by atoms with Gasteiger partial charge in [-0.05, 0) is 120 Å². The van der Waals surface area contributed by atoms with Crippen molar-refractivity contribution in [2.24, 2.45) is 0 Å². The van der Waals surface area contributed by atoms with Crippen LogP contribution in [-0.2, 0) is 41.3 Å². The molecule has 55 heavy (non-hydrogen) atoms. The lowest BCUT2D eigenvalue weighted by atomic mass is 9.70. The Labute approximate surface area is 330 Å². The van der Waals surface area contributed by atoms with E-state index in [9.17, 15) is 0 Å². The highest BCUT2D eigenvalue weighted by Gasteiger charge is 2.42. The fraction of sp³-hybridized carbons (Fsp3) is 0.308. The lowest BCUT2D eigenvalue weighted by molar-refractivity contribution is -0.0840. The molecule has 0 radical (unpaired) electrons. The van der Waals surface area contributed by atoms with Gasteiger partial charge in [-0.2, -0.15) is 0 Å². The summed E-state index contributed by atoms with van der Waals surface area (Å²) in [5, 5.41) is 0. The molecule has 0 fully saturated rings. The molecule has 0 bridgehead atoms. The van der Waals surface area contributed by atoms with Crippen LogP contribution in [0.25, 0.3) is 0 Å². The minimum Gasteiger partial charge on any atom is -0.457 e. The first-order valence-corrected chi connectivity index (χ1v) is 20.2.